The van der Waals surface area contributed by atoms with E-state index in [0.29, 0.717) is 0 Å². The van der Waals surface area contributed by atoms with Gasteiger partial charge in [-0.05, 0) is 47.4 Å². The molecule has 1 heteroatoms. The van der Waals surface area contributed by atoms with Gasteiger partial charge in [0.1, 0.15) is 0 Å². The largest absolute Gasteiger partial charge is 0.311 e. The Hall–Kier alpha value is -2.64. The monoisotopic (exact) mass is 409 g/mol. The SMILES string of the molecule is C=CCC(CNCc1ccc(C2CCCCC2)cc1)(c1ccccc1)c1ccccc1. The molecule has 1 nitrogen and oxygen atoms in total. The highest BCUT2D eigenvalue weighted by Crippen LogP contribution is 2.36. The fourth-order valence-electron chi connectivity index (χ4n) is 5.20. The van der Waals surface area contributed by atoms with Crippen molar-refractivity contribution in [3.05, 3.63) is 120 Å². The summed E-state index contributed by atoms with van der Waals surface area (Å²) in [6.07, 6.45) is 9.85. The first kappa shape index (κ1) is 21.6. The fourth-order valence-corrected chi connectivity index (χ4v) is 5.20. The molecule has 0 aromatic heterocycles. The van der Waals surface area contributed by atoms with Crippen LogP contribution in [-0.2, 0) is 12.0 Å². The van der Waals surface area contributed by atoms with E-state index < -0.39 is 0 Å². The van der Waals surface area contributed by atoms with E-state index in [1.807, 2.05) is 0 Å². The minimum atomic E-state index is -0.119. The van der Waals surface area contributed by atoms with Gasteiger partial charge in [0.05, 0.1) is 0 Å². The van der Waals surface area contributed by atoms with Crippen LogP contribution in [0.25, 0.3) is 0 Å². The molecular formula is C30H35N. The third kappa shape index (κ3) is 5.17. The quantitative estimate of drug-likeness (QED) is 0.363. The Morgan fingerprint density at radius 2 is 1.35 bits per heavy atom. The molecule has 0 bridgehead atoms. The second-order valence-corrected chi connectivity index (χ2v) is 8.99. The van der Waals surface area contributed by atoms with E-state index in [4.69, 9.17) is 0 Å². The van der Waals surface area contributed by atoms with Gasteiger partial charge in [-0.3, -0.25) is 0 Å². The Morgan fingerprint density at radius 3 is 1.90 bits per heavy atom. The van der Waals surface area contributed by atoms with Crippen LogP contribution in [0.15, 0.2) is 97.6 Å². The van der Waals surface area contributed by atoms with Crippen LogP contribution in [0.4, 0.5) is 0 Å². The number of allylic oxidation sites excluding steroid dienone is 1. The summed E-state index contributed by atoms with van der Waals surface area (Å²) in [7, 11) is 0. The Bertz CT molecular complexity index is 882. The van der Waals surface area contributed by atoms with Crippen molar-refractivity contribution in [3.63, 3.8) is 0 Å². The van der Waals surface area contributed by atoms with E-state index in [-0.39, 0.29) is 5.41 Å². The van der Waals surface area contributed by atoms with Gasteiger partial charge in [0.25, 0.3) is 0 Å². The molecule has 0 atom stereocenters. The first-order valence-corrected chi connectivity index (χ1v) is 11.8. The third-order valence-corrected chi connectivity index (χ3v) is 6.96. The van der Waals surface area contributed by atoms with Crippen LogP contribution < -0.4 is 5.32 Å². The summed E-state index contributed by atoms with van der Waals surface area (Å²) in [6, 6.07) is 31.1. The molecule has 1 fully saturated rings. The van der Waals surface area contributed by atoms with Crippen molar-refractivity contribution in [1.82, 2.24) is 5.32 Å². The van der Waals surface area contributed by atoms with E-state index in [1.54, 1.807) is 0 Å². The van der Waals surface area contributed by atoms with E-state index in [9.17, 15) is 0 Å². The van der Waals surface area contributed by atoms with Crippen molar-refractivity contribution in [2.45, 2.75) is 56.4 Å². The van der Waals surface area contributed by atoms with Gasteiger partial charge in [0.15, 0.2) is 0 Å². The van der Waals surface area contributed by atoms with Gasteiger partial charge in [0, 0.05) is 18.5 Å². The van der Waals surface area contributed by atoms with Crippen LogP contribution in [0.1, 0.15) is 66.7 Å². The summed E-state index contributed by atoms with van der Waals surface area (Å²) >= 11 is 0. The molecule has 0 saturated heterocycles. The zero-order valence-corrected chi connectivity index (χ0v) is 18.6. The van der Waals surface area contributed by atoms with E-state index >= 15 is 0 Å². The summed E-state index contributed by atoms with van der Waals surface area (Å²) in [4.78, 5) is 0. The molecular weight excluding hydrogens is 374 g/mol. The van der Waals surface area contributed by atoms with Gasteiger partial charge in [-0.2, -0.15) is 0 Å². The Morgan fingerprint density at radius 1 is 0.774 bits per heavy atom. The fraction of sp³-hybridized carbons (Fsp3) is 0.333. The number of nitrogens with one attached hydrogen (secondary N) is 1. The van der Waals surface area contributed by atoms with Crippen LogP contribution >= 0.6 is 0 Å². The van der Waals surface area contributed by atoms with Crippen molar-refractivity contribution in [2.75, 3.05) is 6.54 Å². The Kier molecular flexibility index (Phi) is 7.38. The predicted octanol–water partition coefficient (Wildman–Crippen LogP) is 7.39. The van der Waals surface area contributed by atoms with Gasteiger partial charge in [-0.25, -0.2) is 0 Å². The maximum atomic E-state index is 4.09. The lowest BCUT2D eigenvalue weighted by atomic mass is 9.72. The van der Waals surface area contributed by atoms with E-state index in [1.165, 1.54) is 54.4 Å². The highest BCUT2D eigenvalue weighted by atomic mass is 14.9. The average molecular weight is 410 g/mol. The molecule has 0 unspecified atom stereocenters. The molecule has 0 amide bonds. The molecule has 1 aliphatic carbocycles. The zero-order valence-electron chi connectivity index (χ0n) is 18.6. The lowest BCUT2D eigenvalue weighted by Crippen LogP contribution is -2.39. The summed E-state index contributed by atoms with van der Waals surface area (Å²) in [6.45, 7) is 5.84. The lowest BCUT2D eigenvalue weighted by molar-refractivity contribution is 0.443. The van der Waals surface area contributed by atoms with Crippen molar-refractivity contribution in [2.24, 2.45) is 0 Å². The molecule has 0 heterocycles. The molecule has 3 aromatic rings. The summed E-state index contributed by atoms with van der Waals surface area (Å²) in [5.74, 6) is 0.771. The highest BCUT2D eigenvalue weighted by molar-refractivity contribution is 5.41. The topological polar surface area (TPSA) is 12.0 Å². The molecule has 1 aliphatic rings. The molecule has 3 aromatic carbocycles. The minimum absolute atomic E-state index is 0.119. The highest BCUT2D eigenvalue weighted by Gasteiger charge is 2.32. The van der Waals surface area contributed by atoms with Crippen LogP contribution in [0, 0.1) is 0 Å². The van der Waals surface area contributed by atoms with Crippen molar-refractivity contribution >= 4 is 0 Å². The average Bonchev–Trinajstić information content (AvgIpc) is 2.85. The van der Waals surface area contributed by atoms with Crippen LogP contribution in [0.2, 0.25) is 0 Å². The van der Waals surface area contributed by atoms with Crippen LogP contribution in [0.5, 0.6) is 0 Å². The van der Waals surface area contributed by atoms with Gasteiger partial charge in [-0.1, -0.05) is 110 Å². The second kappa shape index (κ2) is 10.6. The first-order valence-electron chi connectivity index (χ1n) is 11.8. The molecule has 1 N–H and O–H groups in total. The van der Waals surface area contributed by atoms with Gasteiger partial charge < -0.3 is 5.32 Å². The molecule has 160 valence electrons. The normalized spacial score (nSPS) is 15.0. The van der Waals surface area contributed by atoms with Crippen molar-refractivity contribution in [1.29, 1.82) is 0 Å². The number of hydrogen-bond acceptors (Lipinski definition) is 1. The van der Waals surface area contributed by atoms with Gasteiger partial charge in [-0.15, -0.1) is 6.58 Å². The molecule has 0 aliphatic heterocycles. The molecule has 1 saturated carbocycles. The summed E-state index contributed by atoms with van der Waals surface area (Å²) < 4.78 is 0. The minimum Gasteiger partial charge on any atom is -0.311 e. The first-order chi connectivity index (χ1) is 15.3. The Labute approximate surface area is 188 Å². The maximum absolute atomic E-state index is 4.09. The van der Waals surface area contributed by atoms with Crippen LogP contribution in [-0.4, -0.2) is 6.54 Å². The van der Waals surface area contributed by atoms with Crippen molar-refractivity contribution < 1.29 is 0 Å². The summed E-state index contributed by atoms with van der Waals surface area (Å²) in [5, 5.41) is 3.78. The smallest absolute Gasteiger partial charge is 0.0361 e. The van der Waals surface area contributed by atoms with E-state index in [0.717, 1.165) is 25.4 Å². The zero-order chi connectivity index (χ0) is 21.4. The van der Waals surface area contributed by atoms with Crippen LogP contribution in [0.3, 0.4) is 0 Å². The number of rotatable bonds is 9. The van der Waals surface area contributed by atoms with E-state index in [2.05, 4.69) is 103 Å². The standard InChI is InChI=1S/C30H35N/c1-2-22-30(28-14-8-4-9-15-28,29-16-10-5-11-17-29)24-31-23-25-18-20-27(21-19-25)26-12-6-3-7-13-26/h2,4-5,8-11,14-21,26,31H,1,3,6-7,12-13,22-24H2. The van der Waals surface area contributed by atoms with Crippen molar-refractivity contribution in [3.8, 4) is 0 Å². The number of benzene rings is 3. The molecule has 0 radical (unpaired) electrons. The third-order valence-electron chi connectivity index (χ3n) is 6.96. The number of hydrogen-bond donors (Lipinski definition) is 1. The molecule has 4 rings (SSSR count). The van der Waals surface area contributed by atoms with Gasteiger partial charge >= 0.3 is 0 Å². The van der Waals surface area contributed by atoms with Gasteiger partial charge in [0.2, 0.25) is 0 Å². The lowest BCUT2D eigenvalue weighted by Gasteiger charge is -2.35. The molecule has 31 heavy (non-hydrogen) atoms. The Balaban J connectivity index is 1.49. The maximum Gasteiger partial charge on any atom is 0.0361 e. The predicted molar refractivity (Wildman–Crippen MR) is 132 cm³/mol. The molecule has 0 spiro atoms. The second-order valence-electron chi connectivity index (χ2n) is 8.99. The summed E-state index contributed by atoms with van der Waals surface area (Å²) in [5.41, 5.74) is 5.43.